The van der Waals surface area contributed by atoms with Gasteiger partial charge in [0.05, 0.1) is 0 Å². The number of nitrogens with zero attached hydrogens (tertiary/aromatic N) is 2. The molecule has 0 spiro atoms. The fourth-order valence-corrected chi connectivity index (χ4v) is 4.04. The Morgan fingerprint density at radius 3 is 2.73 bits per heavy atom. The molecule has 2 heterocycles. The SMILES string of the molecule is CSc1ccc(CNC(=O)c2ccnc(N3CCN[C@@H](c4ccccc4)C3)c2)cc1. The Bertz CT molecular complexity index is 978. The van der Waals surface area contributed by atoms with Crippen LogP contribution >= 0.6 is 11.8 Å². The monoisotopic (exact) mass is 418 g/mol. The Labute approximate surface area is 181 Å². The van der Waals surface area contributed by atoms with Crippen LogP contribution in [-0.2, 0) is 6.54 Å². The van der Waals surface area contributed by atoms with Gasteiger partial charge in [0.15, 0.2) is 0 Å². The molecule has 1 aromatic heterocycles. The van der Waals surface area contributed by atoms with Crippen LogP contribution in [0, 0.1) is 0 Å². The van der Waals surface area contributed by atoms with E-state index in [-0.39, 0.29) is 11.9 Å². The summed E-state index contributed by atoms with van der Waals surface area (Å²) in [5.41, 5.74) is 2.99. The van der Waals surface area contributed by atoms with E-state index in [0.717, 1.165) is 31.0 Å². The zero-order chi connectivity index (χ0) is 20.8. The fraction of sp³-hybridized carbons (Fsp3) is 0.250. The molecule has 154 valence electrons. The molecule has 2 aromatic carbocycles. The summed E-state index contributed by atoms with van der Waals surface area (Å²) in [7, 11) is 0. The third-order valence-corrected chi connectivity index (χ3v) is 6.06. The molecule has 0 bridgehead atoms. The maximum Gasteiger partial charge on any atom is 0.251 e. The second-order valence-corrected chi connectivity index (χ2v) is 8.18. The van der Waals surface area contributed by atoms with Gasteiger partial charge in [-0.25, -0.2) is 4.98 Å². The van der Waals surface area contributed by atoms with Gasteiger partial charge in [-0.3, -0.25) is 4.79 Å². The number of rotatable bonds is 6. The van der Waals surface area contributed by atoms with E-state index in [1.54, 1.807) is 24.0 Å². The normalized spacial score (nSPS) is 16.3. The number of aromatic nitrogens is 1. The molecule has 0 unspecified atom stereocenters. The Hall–Kier alpha value is -2.83. The summed E-state index contributed by atoms with van der Waals surface area (Å²) in [5, 5.41) is 6.58. The standard InChI is InChI=1S/C24H26N4OS/c1-30-21-9-7-18(8-10-21)16-27-24(29)20-11-12-26-23(15-20)28-14-13-25-22(17-28)19-5-3-2-4-6-19/h2-12,15,22,25H,13-14,16-17H2,1H3,(H,27,29)/t22-/m1/s1. The molecule has 5 nitrogen and oxygen atoms in total. The molecule has 1 atom stereocenters. The number of anilines is 1. The maximum absolute atomic E-state index is 12.7. The molecule has 6 heteroatoms. The maximum atomic E-state index is 12.7. The number of benzene rings is 2. The molecule has 2 N–H and O–H groups in total. The van der Waals surface area contributed by atoms with Gasteiger partial charge in [0.2, 0.25) is 0 Å². The van der Waals surface area contributed by atoms with Gasteiger partial charge in [0, 0.05) is 48.9 Å². The van der Waals surface area contributed by atoms with Crippen molar-refractivity contribution in [2.24, 2.45) is 0 Å². The predicted octanol–water partition coefficient (Wildman–Crippen LogP) is 3.88. The minimum atomic E-state index is -0.0812. The molecule has 0 aliphatic carbocycles. The van der Waals surface area contributed by atoms with Crippen LogP contribution in [0.3, 0.4) is 0 Å². The molecule has 1 saturated heterocycles. The predicted molar refractivity (Wildman–Crippen MR) is 123 cm³/mol. The molecule has 1 fully saturated rings. The smallest absolute Gasteiger partial charge is 0.251 e. The Morgan fingerprint density at radius 1 is 1.17 bits per heavy atom. The minimum Gasteiger partial charge on any atom is -0.353 e. The zero-order valence-corrected chi connectivity index (χ0v) is 17.9. The highest BCUT2D eigenvalue weighted by molar-refractivity contribution is 7.98. The average molecular weight is 419 g/mol. The number of carbonyl (C=O) groups is 1. The van der Waals surface area contributed by atoms with E-state index in [2.05, 4.69) is 75.3 Å². The van der Waals surface area contributed by atoms with Crippen LogP contribution in [0.25, 0.3) is 0 Å². The fourth-order valence-electron chi connectivity index (χ4n) is 3.63. The first kappa shape index (κ1) is 20.4. The lowest BCUT2D eigenvalue weighted by Crippen LogP contribution is -2.46. The summed E-state index contributed by atoms with van der Waals surface area (Å²) in [6, 6.07) is 22.6. The summed E-state index contributed by atoms with van der Waals surface area (Å²) in [4.78, 5) is 20.7. The number of pyridine rings is 1. The van der Waals surface area contributed by atoms with Crippen LogP contribution in [0.4, 0.5) is 5.82 Å². The Kier molecular flexibility index (Phi) is 6.67. The van der Waals surface area contributed by atoms with E-state index in [4.69, 9.17) is 0 Å². The first-order valence-electron chi connectivity index (χ1n) is 10.1. The van der Waals surface area contributed by atoms with E-state index >= 15 is 0 Å². The molecular weight excluding hydrogens is 392 g/mol. The Balaban J connectivity index is 1.40. The zero-order valence-electron chi connectivity index (χ0n) is 17.0. The lowest BCUT2D eigenvalue weighted by atomic mass is 10.0. The summed E-state index contributed by atoms with van der Waals surface area (Å²) in [5.74, 6) is 0.761. The average Bonchev–Trinajstić information content (AvgIpc) is 2.83. The van der Waals surface area contributed by atoms with Crippen molar-refractivity contribution in [1.82, 2.24) is 15.6 Å². The molecule has 1 aliphatic heterocycles. The van der Waals surface area contributed by atoms with Crippen molar-refractivity contribution >= 4 is 23.5 Å². The molecule has 0 saturated carbocycles. The van der Waals surface area contributed by atoms with Crippen LogP contribution in [0.15, 0.2) is 77.8 Å². The topological polar surface area (TPSA) is 57.3 Å². The molecule has 30 heavy (non-hydrogen) atoms. The third kappa shape index (κ3) is 5.01. The van der Waals surface area contributed by atoms with E-state index < -0.39 is 0 Å². The van der Waals surface area contributed by atoms with Gasteiger partial charge in [-0.1, -0.05) is 42.5 Å². The van der Waals surface area contributed by atoms with Gasteiger partial charge in [0.25, 0.3) is 5.91 Å². The first-order valence-corrected chi connectivity index (χ1v) is 11.4. The molecule has 3 aromatic rings. The minimum absolute atomic E-state index is 0.0812. The van der Waals surface area contributed by atoms with Crippen molar-refractivity contribution < 1.29 is 4.79 Å². The van der Waals surface area contributed by atoms with Crippen molar-refractivity contribution in [3.63, 3.8) is 0 Å². The van der Waals surface area contributed by atoms with Gasteiger partial charge >= 0.3 is 0 Å². The second-order valence-electron chi connectivity index (χ2n) is 7.30. The van der Waals surface area contributed by atoms with Gasteiger partial charge < -0.3 is 15.5 Å². The summed E-state index contributed by atoms with van der Waals surface area (Å²) >= 11 is 1.71. The highest BCUT2D eigenvalue weighted by Crippen LogP contribution is 2.22. The van der Waals surface area contributed by atoms with Crippen molar-refractivity contribution in [1.29, 1.82) is 0 Å². The third-order valence-electron chi connectivity index (χ3n) is 5.32. The highest BCUT2D eigenvalue weighted by Gasteiger charge is 2.22. The number of piperazine rings is 1. The van der Waals surface area contributed by atoms with Gasteiger partial charge in [-0.15, -0.1) is 11.8 Å². The van der Waals surface area contributed by atoms with E-state index in [0.29, 0.717) is 12.1 Å². The number of hydrogen-bond acceptors (Lipinski definition) is 5. The number of carbonyl (C=O) groups excluding carboxylic acids is 1. The lowest BCUT2D eigenvalue weighted by molar-refractivity contribution is 0.0951. The van der Waals surface area contributed by atoms with Crippen molar-refractivity contribution in [2.45, 2.75) is 17.5 Å². The van der Waals surface area contributed by atoms with Gasteiger partial charge in [0.1, 0.15) is 5.82 Å². The molecule has 0 radical (unpaired) electrons. The number of thioether (sulfide) groups is 1. The van der Waals surface area contributed by atoms with Crippen LogP contribution in [0.2, 0.25) is 0 Å². The molecular formula is C24H26N4OS. The van der Waals surface area contributed by atoms with Crippen LogP contribution in [0.5, 0.6) is 0 Å². The lowest BCUT2D eigenvalue weighted by Gasteiger charge is -2.34. The van der Waals surface area contributed by atoms with E-state index in [1.807, 2.05) is 12.1 Å². The molecule has 1 aliphatic rings. The van der Waals surface area contributed by atoms with Crippen molar-refractivity contribution in [2.75, 3.05) is 30.8 Å². The van der Waals surface area contributed by atoms with Crippen LogP contribution in [0.1, 0.15) is 27.5 Å². The number of hydrogen-bond donors (Lipinski definition) is 2. The number of amides is 1. The summed E-state index contributed by atoms with van der Waals surface area (Å²) in [6.45, 7) is 3.08. The first-order chi connectivity index (χ1) is 14.7. The van der Waals surface area contributed by atoms with Gasteiger partial charge in [-0.2, -0.15) is 0 Å². The second kappa shape index (κ2) is 9.78. The van der Waals surface area contributed by atoms with E-state index in [9.17, 15) is 4.79 Å². The van der Waals surface area contributed by atoms with Crippen LogP contribution in [-0.4, -0.2) is 36.8 Å². The van der Waals surface area contributed by atoms with Crippen molar-refractivity contribution in [3.05, 3.63) is 89.6 Å². The highest BCUT2D eigenvalue weighted by atomic mass is 32.2. The van der Waals surface area contributed by atoms with E-state index in [1.165, 1.54) is 10.5 Å². The number of nitrogens with one attached hydrogen (secondary N) is 2. The molecule has 1 amide bonds. The van der Waals surface area contributed by atoms with Gasteiger partial charge in [-0.05, 0) is 41.6 Å². The largest absolute Gasteiger partial charge is 0.353 e. The van der Waals surface area contributed by atoms with Crippen LogP contribution < -0.4 is 15.5 Å². The summed E-state index contributed by atoms with van der Waals surface area (Å²) in [6.07, 6.45) is 3.77. The molecule has 4 rings (SSSR count). The quantitative estimate of drug-likeness (QED) is 0.595. The Morgan fingerprint density at radius 2 is 1.97 bits per heavy atom. The van der Waals surface area contributed by atoms with Crippen molar-refractivity contribution in [3.8, 4) is 0 Å². The summed E-state index contributed by atoms with van der Waals surface area (Å²) < 4.78 is 0.